The highest BCUT2D eigenvalue weighted by molar-refractivity contribution is 8.10. The van der Waals surface area contributed by atoms with Crippen molar-refractivity contribution in [3.8, 4) is 11.1 Å². The van der Waals surface area contributed by atoms with Gasteiger partial charge in [0, 0.05) is 10.6 Å². The fourth-order valence-corrected chi connectivity index (χ4v) is 11.0. The Morgan fingerprint density at radius 1 is 0.592 bits per heavy atom. The highest BCUT2D eigenvalue weighted by Gasteiger charge is 2.39. The van der Waals surface area contributed by atoms with Gasteiger partial charge in [-0.1, -0.05) is 54.1 Å². The molecule has 2 aliphatic rings. The molecule has 0 fully saturated rings. The molecule has 0 radical (unpaired) electrons. The fraction of sp³-hybridized carbons (Fsp3) is 0.0625. The van der Waals surface area contributed by atoms with Crippen molar-refractivity contribution in [1.82, 2.24) is 0 Å². The summed E-state index contributed by atoms with van der Waals surface area (Å²) in [6, 6.07) is 24.7. The fourth-order valence-electron chi connectivity index (χ4n) is 5.73. The molecular weight excluding hydrogens is 712 g/mol. The second kappa shape index (κ2) is 12.4. The van der Waals surface area contributed by atoms with Crippen molar-refractivity contribution in [2.45, 2.75) is 32.8 Å². The average Bonchev–Trinajstić information content (AvgIpc) is 3.66. The van der Waals surface area contributed by atoms with E-state index in [1.807, 2.05) is 0 Å². The Morgan fingerprint density at radius 2 is 1.22 bits per heavy atom. The van der Waals surface area contributed by atoms with Crippen LogP contribution < -0.4 is 14.6 Å². The van der Waals surface area contributed by atoms with Crippen molar-refractivity contribution >= 4 is 72.3 Å². The monoisotopic (exact) mass is 735 g/mol. The Kier molecular flexibility index (Phi) is 8.48. The minimum Gasteiger partial charge on any atom is -0.423 e. The summed E-state index contributed by atoms with van der Waals surface area (Å²) in [4.78, 5) is -0.935. The standard InChI is InChI=1S/C32H24B2ClNO10S3/c35-32-14-12-26(47(39,40)27-11-9-22-19-45-34(38)31(22)18-27)17-29(32)21-5-4-8-28(16-21)49(43,44)36(48(41,42)25-6-2-1-3-7-25)24-10-13-30-23(15-24)20-46-33(30)37/h1-18,37-38H,19-20H2. The molecule has 0 saturated heterocycles. The summed E-state index contributed by atoms with van der Waals surface area (Å²) in [7, 11) is -16.2. The number of fused-ring (bicyclic) bond motifs is 2. The topological polar surface area (TPSA) is 165 Å². The minimum absolute atomic E-state index is 0.0589. The lowest BCUT2D eigenvalue weighted by Crippen LogP contribution is -2.37. The molecule has 2 aliphatic heterocycles. The predicted octanol–water partition coefficient (Wildman–Crippen LogP) is 2.86. The van der Waals surface area contributed by atoms with E-state index in [-0.39, 0.29) is 49.7 Å². The largest absolute Gasteiger partial charge is 0.491 e. The number of hydrogen-bond acceptors (Lipinski definition) is 10. The van der Waals surface area contributed by atoms with Crippen LogP contribution in [0.2, 0.25) is 5.02 Å². The smallest absolute Gasteiger partial charge is 0.423 e. The van der Waals surface area contributed by atoms with Crippen molar-refractivity contribution in [1.29, 1.82) is 0 Å². The molecule has 2 N–H and O–H groups in total. The highest BCUT2D eigenvalue weighted by Crippen LogP contribution is 2.36. The number of sulfone groups is 1. The molecular formula is C32H24B2ClNO10S3. The Bertz CT molecular complexity index is 2470. The molecule has 11 nitrogen and oxygen atoms in total. The molecule has 0 aromatic heterocycles. The van der Waals surface area contributed by atoms with Gasteiger partial charge in [0.2, 0.25) is 9.84 Å². The second-order valence-corrected chi connectivity index (χ2v) is 17.4. The van der Waals surface area contributed by atoms with Gasteiger partial charge in [-0.05, 0) is 94.3 Å². The lowest BCUT2D eigenvalue weighted by atomic mass is 9.79. The van der Waals surface area contributed by atoms with Gasteiger partial charge in [-0.25, -0.2) is 25.3 Å². The van der Waals surface area contributed by atoms with Crippen LogP contribution in [0, 0.1) is 0 Å². The van der Waals surface area contributed by atoms with Crippen LogP contribution in [0.1, 0.15) is 11.1 Å². The quantitative estimate of drug-likeness (QED) is 0.227. The first kappa shape index (κ1) is 33.5. The number of nitrogens with zero attached hydrogens (tertiary/aromatic N) is 1. The van der Waals surface area contributed by atoms with Crippen LogP contribution >= 0.6 is 11.6 Å². The first-order valence-electron chi connectivity index (χ1n) is 14.6. The molecule has 5 aromatic rings. The predicted molar refractivity (Wildman–Crippen MR) is 183 cm³/mol. The van der Waals surface area contributed by atoms with E-state index in [9.17, 15) is 35.3 Å². The zero-order valence-corrected chi connectivity index (χ0v) is 28.4. The summed E-state index contributed by atoms with van der Waals surface area (Å²) < 4.78 is 95.1. The van der Waals surface area contributed by atoms with E-state index in [0.29, 0.717) is 25.8 Å². The van der Waals surface area contributed by atoms with E-state index in [2.05, 4.69) is 0 Å². The number of halogens is 1. The molecule has 0 amide bonds. The van der Waals surface area contributed by atoms with Gasteiger partial charge in [0.15, 0.2) is 0 Å². The lowest BCUT2D eigenvalue weighted by Gasteiger charge is -2.25. The Hall–Kier alpha value is -3.99. The van der Waals surface area contributed by atoms with Crippen LogP contribution in [0.3, 0.4) is 0 Å². The molecule has 0 bridgehead atoms. The van der Waals surface area contributed by atoms with Gasteiger partial charge in [0.25, 0.3) is 20.0 Å². The number of anilines is 1. The third-order valence-electron chi connectivity index (χ3n) is 8.26. The average molecular weight is 736 g/mol. The Morgan fingerprint density at radius 3 is 1.98 bits per heavy atom. The molecule has 17 heteroatoms. The number of rotatable bonds is 8. The van der Waals surface area contributed by atoms with Crippen molar-refractivity contribution in [3.05, 3.63) is 125 Å². The molecule has 248 valence electrons. The third-order valence-corrected chi connectivity index (χ3v) is 14.5. The van der Waals surface area contributed by atoms with Crippen LogP contribution in [0.4, 0.5) is 5.69 Å². The first-order chi connectivity index (χ1) is 23.3. The molecule has 5 aromatic carbocycles. The van der Waals surface area contributed by atoms with Crippen LogP contribution in [-0.4, -0.2) is 49.5 Å². The number of sulfonamides is 2. The summed E-state index contributed by atoms with van der Waals surface area (Å²) >= 11 is 6.53. The van der Waals surface area contributed by atoms with Crippen molar-refractivity contribution in [3.63, 3.8) is 0 Å². The van der Waals surface area contributed by atoms with Crippen LogP contribution in [0.5, 0.6) is 0 Å². The molecule has 49 heavy (non-hydrogen) atoms. The van der Waals surface area contributed by atoms with Crippen molar-refractivity contribution in [2.24, 2.45) is 0 Å². The van der Waals surface area contributed by atoms with E-state index in [1.165, 1.54) is 97.1 Å². The summed E-state index contributed by atoms with van der Waals surface area (Å²) in [6.45, 7) is 0.0892. The van der Waals surface area contributed by atoms with Gasteiger partial charge in [-0.3, -0.25) is 0 Å². The van der Waals surface area contributed by atoms with Gasteiger partial charge in [0.05, 0.1) is 38.5 Å². The van der Waals surface area contributed by atoms with Gasteiger partial charge < -0.3 is 19.4 Å². The molecule has 0 aliphatic carbocycles. The van der Waals surface area contributed by atoms with E-state index < -0.39 is 49.0 Å². The van der Waals surface area contributed by atoms with Crippen LogP contribution in [0.15, 0.2) is 129 Å². The van der Waals surface area contributed by atoms with Crippen LogP contribution in [0.25, 0.3) is 11.1 Å². The summed E-state index contributed by atoms with van der Waals surface area (Å²) in [6.07, 6.45) is 0. The lowest BCUT2D eigenvalue weighted by molar-refractivity contribution is 0.275. The van der Waals surface area contributed by atoms with E-state index >= 15 is 0 Å². The van der Waals surface area contributed by atoms with E-state index in [0.717, 1.165) is 0 Å². The number of benzene rings is 5. The number of hydrogen-bond donors (Lipinski definition) is 2. The maximum atomic E-state index is 14.4. The molecule has 2 heterocycles. The van der Waals surface area contributed by atoms with E-state index in [4.69, 9.17) is 20.9 Å². The van der Waals surface area contributed by atoms with Gasteiger partial charge in [-0.2, -0.15) is 3.71 Å². The van der Waals surface area contributed by atoms with Gasteiger partial charge >= 0.3 is 14.2 Å². The minimum atomic E-state index is -4.88. The van der Waals surface area contributed by atoms with Crippen molar-refractivity contribution < 1.29 is 44.6 Å². The normalized spacial score (nSPS) is 14.5. The zero-order chi connectivity index (χ0) is 34.7. The Labute approximate surface area is 288 Å². The molecule has 0 saturated carbocycles. The van der Waals surface area contributed by atoms with Crippen molar-refractivity contribution in [2.75, 3.05) is 3.71 Å². The maximum Gasteiger partial charge on any atom is 0.491 e. The van der Waals surface area contributed by atoms with Gasteiger partial charge in [-0.15, -0.1) is 0 Å². The second-order valence-electron chi connectivity index (χ2n) is 11.3. The van der Waals surface area contributed by atoms with Crippen LogP contribution in [-0.2, 0) is 52.4 Å². The maximum absolute atomic E-state index is 14.4. The summed E-state index contributed by atoms with van der Waals surface area (Å²) in [5.41, 5.74) is 1.97. The highest BCUT2D eigenvalue weighted by atomic mass is 35.5. The Balaban J connectivity index is 1.32. The first-order valence-corrected chi connectivity index (χ1v) is 19.4. The van der Waals surface area contributed by atoms with E-state index in [1.54, 1.807) is 12.1 Å². The zero-order valence-electron chi connectivity index (χ0n) is 25.2. The molecule has 0 atom stereocenters. The molecule has 0 unspecified atom stereocenters. The molecule has 0 spiro atoms. The van der Waals surface area contributed by atoms with Gasteiger partial charge in [0.1, 0.15) is 0 Å². The summed E-state index contributed by atoms with van der Waals surface area (Å²) in [5, 5.41) is 20.3. The third kappa shape index (κ3) is 5.87. The SMILES string of the molecule is O=S(=O)(c1ccc2c(c1)B(O)OC2)c1ccc(Cl)c(-c2cccc(S(=O)(=O)N(c3ccc4c(c3)COB4O)S(=O)(=O)c3ccccc3)c2)c1. The summed E-state index contributed by atoms with van der Waals surface area (Å²) in [5.74, 6) is 0. The molecule has 7 rings (SSSR count).